The molecule has 0 rings (SSSR count). The Labute approximate surface area is 118 Å². The lowest BCUT2D eigenvalue weighted by Gasteiger charge is -2.03. The molecule has 0 aromatic carbocycles. The van der Waals surface area contributed by atoms with Gasteiger partial charge in [0.1, 0.15) is 6.29 Å². The fraction of sp³-hybridized carbons (Fsp3) is 0.688. The predicted molar refractivity (Wildman–Crippen MR) is 83.2 cm³/mol. The third-order valence-electron chi connectivity index (χ3n) is 2.76. The molecule has 0 aliphatic heterocycles. The summed E-state index contributed by atoms with van der Waals surface area (Å²) in [5, 5.41) is 6.42. The molecule has 0 aliphatic carbocycles. The van der Waals surface area contributed by atoms with Crippen LogP contribution in [-0.4, -0.2) is 26.0 Å². The second-order valence-corrected chi connectivity index (χ2v) is 4.60. The minimum atomic E-state index is 0.589. The Bertz CT molecular complexity index is 237. The topological polar surface area (TPSA) is 41.1 Å². The van der Waals surface area contributed by atoms with Gasteiger partial charge in [-0.25, -0.2) is 0 Å². The first-order valence-corrected chi connectivity index (χ1v) is 7.56. The monoisotopic (exact) mass is 266 g/mol. The van der Waals surface area contributed by atoms with Crippen LogP contribution in [0.5, 0.6) is 0 Å². The molecule has 0 unspecified atom stereocenters. The molecular formula is C16H30N2O. The Balaban J connectivity index is 3.14. The number of hydrogen-bond donors (Lipinski definition) is 2. The first-order chi connectivity index (χ1) is 9.41. The smallest absolute Gasteiger partial charge is 0.121 e. The summed E-state index contributed by atoms with van der Waals surface area (Å²) in [6.07, 6.45) is 17.8. The molecule has 0 aromatic rings. The molecule has 0 radical (unpaired) electrons. The van der Waals surface area contributed by atoms with Crippen LogP contribution in [0.2, 0.25) is 0 Å². The van der Waals surface area contributed by atoms with Gasteiger partial charge in [-0.3, -0.25) is 0 Å². The van der Waals surface area contributed by atoms with Crippen molar-refractivity contribution in [2.24, 2.45) is 0 Å². The summed E-state index contributed by atoms with van der Waals surface area (Å²) in [6.45, 7) is 4.75. The van der Waals surface area contributed by atoms with Gasteiger partial charge in [0.2, 0.25) is 0 Å². The van der Waals surface area contributed by atoms with Crippen molar-refractivity contribution in [3.05, 3.63) is 24.3 Å². The zero-order chi connectivity index (χ0) is 14.0. The van der Waals surface area contributed by atoms with Crippen molar-refractivity contribution in [2.75, 3.05) is 19.8 Å². The third-order valence-corrected chi connectivity index (χ3v) is 2.76. The molecule has 0 aromatic heterocycles. The van der Waals surface area contributed by atoms with E-state index in [1.807, 2.05) is 0 Å². The standard InChI is InChI=1S/C16H30N2O/c1-2-3-4-5-6-7-8-9-10-11-13-17-16-18-14-12-15-19/h6-7,9-10,15,17-18H,2-5,8,11-14,16H2,1H3/b7-6-,10-9-. The summed E-state index contributed by atoms with van der Waals surface area (Å²) in [7, 11) is 0. The zero-order valence-electron chi connectivity index (χ0n) is 12.4. The highest BCUT2D eigenvalue weighted by molar-refractivity contribution is 5.49. The number of allylic oxidation sites excluding steroid dienone is 3. The van der Waals surface area contributed by atoms with Crippen molar-refractivity contribution >= 4 is 6.29 Å². The molecule has 0 saturated heterocycles. The third kappa shape index (κ3) is 17.1. The molecular weight excluding hydrogens is 236 g/mol. The molecule has 0 spiro atoms. The van der Waals surface area contributed by atoms with Gasteiger partial charge in [0.25, 0.3) is 0 Å². The largest absolute Gasteiger partial charge is 0.304 e. The summed E-state index contributed by atoms with van der Waals surface area (Å²) >= 11 is 0. The van der Waals surface area contributed by atoms with Gasteiger partial charge >= 0.3 is 0 Å². The second kappa shape index (κ2) is 17.1. The molecule has 2 N–H and O–H groups in total. The van der Waals surface area contributed by atoms with Gasteiger partial charge in [-0.15, -0.1) is 0 Å². The van der Waals surface area contributed by atoms with Crippen molar-refractivity contribution in [1.29, 1.82) is 0 Å². The number of rotatable bonds is 14. The molecule has 0 heterocycles. The van der Waals surface area contributed by atoms with E-state index in [2.05, 4.69) is 41.9 Å². The lowest BCUT2D eigenvalue weighted by molar-refractivity contribution is -0.107. The Morgan fingerprint density at radius 2 is 1.53 bits per heavy atom. The van der Waals surface area contributed by atoms with E-state index >= 15 is 0 Å². The van der Waals surface area contributed by atoms with Crippen LogP contribution in [0.25, 0.3) is 0 Å². The van der Waals surface area contributed by atoms with Crippen LogP contribution >= 0.6 is 0 Å². The van der Waals surface area contributed by atoms with Crippen LogP contribution in [0.15, 0.2) is 24.3 Å². The molecule has 110 valence electrons. The maximum atomic E-state index is 10.1. The van der Waals surface area contributed by atoms with Crippen LogP contribution in [-0.2, 0) is 4.79 Å². The normalized spacial score (nSPS) is 11.6. The van der Waals surface area contributed by atoms with E-state index in [0.717, 1.165) is 38.9 Å². The van der Waals surface area contributed by atoms with Crippen LogP contribution in [0, 0.1) is 0 Å². The zero-order valence-corrected chi connectivity index (χ0v) is 12.4. The first-order valence-electron chi connectivity index (χ1n) is 7.56. The summed E-state index contributed by atoms with van der Waals surface area (Å²) in [5.74, 6) is 0. The molecule has 0 aliphatic rings. The molecule has 0 amide bonds. The number of unbranched alkanes of at least 4 members (excludes halogenated alkanes) is 3. The Morgan fingerprint density at radius 3 is 2.21 bits per heavy atom. The highest BCUT2D eigenvalue weighted by Crippen LogP contribution is 2.00. The lowest BCUT2D eigenvalue weighted by Crippen LogP contribution is -2.30. The van der Waals surface area contributed by atoms with Gasteiger partial charge in [0.15, 0.2) is 0 Å². The molecule has 19 heavy (non-hydrogen) atoms. The Kier molecular flexibility index (Phi) is 16.2. The van der Waals surface area contributed by atoms with Gasteiger partial charge in [-0.2, -0.15) is 0 Å². The number of aldehydes is 1. The van der Waals surface area contributed by atoms with E-state index < -0.39 is 0 Å². The number of hydrogen-bond acceptors (Lipinski definition) is 3. The van der Waals surface area contributed by atoms with E-state index in [4.69, 9.17) is 0 Å². The van der Waals surface area contributed by atoms with E-state index in [9.17, 15) is 4.79 Å². The van der Waals surface area contributed by atoms with E-state index in [1.54, 1.807) is 0 Å². The summed E-state index contributed by atoms with van der Waals surface area (Å²) < 4.78 is 0. The Hall–Kier alpha value is -0.930. The molecule has 0 bridgehead atoms. The predicted octanol–water partition coefficient (Wildman–Crippen LogP) is 3.19. The molecule has 3 heteroatoms. The van der Waals surface area contributed by atoms with Gasteiger partial charge in [0.05, 0.1) is 0 Å². The summed E-state index contributed by atoms with van der Waals surface area (Å²) in [4.78, 5) is 10.1. The average molecular weight is 266 g/mol. The average Bonchev–Trinajstić information content (AvgIpc) is 2.43. The van der Waals surface area contributed by atoms with Crippen LogP contribution in [0.1, 0.15) is 51.9 Å². The fourth-order valence-corrected chi connectivity index (χ4v) is 1.63. The fourth-order valence-electron chi connectivity index (χ4n) is 1.63. The van der Waals surface area contributed by atoms with Crippen molar-refractivity contribution in [1.82, 2.24) is 10.6 Å². The number of carbonyl (C=O) groups is 1. The van der Waals surface area contributed by atoms with Crippen molar-refractivity contribution in [3.63, 3.8) is 0 Å². The summed E-state index contributed by atoms with van der Waals surface area (Å²) in [5.41, 5.74) is 0. The van der Waals surface area contributed by atoms with Gasteiger partial charge < -0.3 is 15.4 Å². The molecule has 0 saturated carbocycles. The van der Waals surface area contributed by atoms with Gasteiger partial charge in [0, 0.05) is 19.6 Å². The van der Waals surface area contributed by atoms with Crippen molar-refractivity contribution in [3.8, 4) is 0 Å². The second-order valence-electron chi connectivity index (χ2n) is 4.60. The number of nitrogens with one attached hydrogen (secondary N) is 2. The minimum Gasteiger partial charge on any atom is -0.304 e. The SMILES string of the molecule is CCCCC/C=C\C/C=C\CCNCNCCC=O. The quantitative estimate of drug-likeness (QED) is 0.220. The molecule has 3 nitrogen and oxygen atoms in total. The van der Waals surface area contributed by atoms with Gasteiger partial charge in [-0.05, 0) is 32.2 Å². The van der Waals surface area contributed by atoms with E-state index in [-0.39, 0.29) is 0 Å². The van der Waals surface area contributed by atoms with E-state index in [0.29, 0.717) is 6.42 Å². The van der Waals surface area contributed by atoms with E-state index in [1.165, 1.54) is 25.7 Å². The maximum absolute atomic E-state index is 10.1. The lowest BCUT2D eigenvalue weighted by atomic mass is 10.2. The summed E-state index contributed by atoms with van der Waals surface area (Å²) in [6, 6.07) is 0. The minimum absolute atomic E-state index is 0.589. The van der Waals surface area contributed by atoms with Crippen molar-refractivity contribution < 1.29 is 4.79 Å². The molecule has 0 atom stereocenters. The van der Waals surface area contributed by atoms with Crippen molar-refractivity contribution in [2.45, 2.75) is 51.9 Å². The molecule has 0 fully saturated rings. The van der Waals surface area contributed by atoms with Crippen LogP contribution < -0.4 is 10.6 Å². The van der Waals surface area contributed by atoms with Gasteiger partial charge in [-0.1, -0.05) is 44.1 Å². The van der Waals surface area contributed by atoms with Crippen LogP contribution in [0.3, 0.4) is 0 Å². The highest BCUT2D eigenvalue weighted by Gasteiger charge is 1.85. The number of carbonyl (C=O) groups excluding carboxylic acids is 1. The first kappa shape index (κ1) is 18.1. The maximum Gasteiger partial charge on any atom is 0.121 e. The van der Waals surface area contributed by atoms with Crippen LogP contribution in [0.4, 0.5) is 0 Å². The highest BCUT2D eigenvalue weighted by atomic mass is 16.1. The Morgan fingerprint density at radius 1 is 0.842 bits per heavy atom.